The Morgan fingerprint density at radius 3 is 3.15 bits per heavy atom. The Labute approximate surface area is 75.7 Å². The lowest BCUT2D eigenvalue weighted by Gasteiger charge is -2.00. The van der Waals surface area contributed by atoms with E-state index in [2.05, 4.69) is 10.3 Å². The van der Waals surface area contributed by atoms with Gasteiger partial charge in [-0.15, -0.1) is 0 Å². The molecule has 0 aliphatic carbocycles. The number of aliphatic carboxylic acids is 1. The van der Waals surface area contributed by atoms with Gasteiger partial charge in [0.25, 0.3) is 0 Å². The molecule has 0 amide bonds. The van der Waals surface area contributed by atoms with Crippen LogP contribution in [0.3, 0.4) is 0 Å². The first-order valence-corrected chi connectivity index (χ1v) is 3.79. The van der Waals surface area contributed by atoms with Gasteiger partial charge in [0.2, 0.25) is 0 Å². The summed E-state index contributed by atoms with van der Waals surface area (Å²) in [6.45, 7) is 0.521. The Morgan fingerprint density at radius 2 is 2.62 bits per heavy atom. The van der Waals surface area contributed by atoms with Gasteiger partial charge in [-0.25, -0.2) is 9.78 Å². The molecule has 5 heteroatoms. The van der Waals surface area contributed by atoms with E-state index in [1.54, 1.807) is 6.20 Å². The minimum atomic E-state index is -0.965. The zero-order valence-electron chi connectivity index (χ0n) is 7.27. The molecule has 0 spiro atoms. The van der Waals surface area contributed by atoms with Crippen LogP contribution in [0.4, 0.5) is 0 Å². The number of carboxylic acids is 1. The molecular weight excluding hydrogens is 170 g/mol. The standard InChI is InChI=1S/C8H11N3O2/c1-11-5-4-10-7(11)6-9-3-2-8(12)13/h2-5,9H,6H2,1H3,(H,12,13)/b3-2+. The van der Waals surface area contributed by atoms with Crippen molar-refractivity contribution in [2.45, 2.75) is 6.54 Å². The van der Waals surface area contributed by atoms with Crippen LogP contribution in [-0.4, -0.2) is 20.6 Å². The van der Waals surface area contributed by atoms with Gasteiger partial charge < -0.3 is 15.0 Å². The van der Waals surface area contributed by atoms with Crippen molar-refractivity contribution in [3.63, 3.8) is 0 Å². The highest BCUT2D eigenvalue weighted by Gasteiger charge is 1.95. The zero-order valence-corrected chi connectivity index (χ0v) is 7.27. The van der Waals surface area contributed by atoms with Crippen molar-refractivity contribution in [2.75, 3.05) is 0 Å². The third-order valence-electron chi connectivity index (χ3n) is 1.52. The number of aromatic nitrogens is 2. The largest absolute Gasteiger partial charge is 0.478 e. The van der Waals surface area contributed by atoms with E-state index in [0.717, 1.165) is 11.9 Å². The summed E-state index contributed by atoms with van der Waals surface area (Å²) in [7, 11) is 1.88. The molecule has 0 aliphatic rings. The Hall–Kier alpha value is -1.78. The van der Waals surface area contributed by atoms with Crippen molar-refractivity contribution in [2.24, 2.45) is 7.05 Å². The molecule has 70 valence electrons. The number of hydrogen-bond donors (Lipinski definition) is 2. The fourth-order valence-corrected chi connectivity index (χ4v) is 0.847. The van der Waals surface area contributed by atoms with E-state index >= 15 is 0 Å². The van der Waals surface area contributed by atoms with Crippen LogP contribution in [0, 0.1) is 0 Å². The van der Waals surface area contributed by atoms with Gasteiger partial charge >= 0.3 is 5.97 Å². The van der Waals surface area contributed by atoms with Gasteiger partial charge in [0, 0.05) is 31.7 Å². The van der Waals surface area contributed by atoms with E-state index in [9.17, 15) is 4.79 Å². The highest BCUT2D eigenvalue weighted by molar-refractivity contribution is 5.79. The van der Waals surface area contributed by atoms with Crippen LogP contribution in [0.2, 0.25) is 0 Å². The SMILES string of the molecule is Cn1ccnc1CN/C=C/C(=O)O. The number of nitrogens with one attached hydrogen (secondary N) is 1. The van der Waals surface area contributed by atoms with Gasteiger partial charge in [0.05, 0.1) is 6.54 Å². The number of imidazole rings is 1. The molecule has 2 N–H and O–H groups in total. The van der Waals surface area contributed by atoms with Gasteiger partial charge in [0.1, 0.15) is 5.82 Å². The fourth-order valence-electron chi connectivity index (χ4n) is 0.847. The molecule has 0 aromatic carbocycles. The Balaban J connectivity index is 2.36. The molecule has 0 saturated carbocycles. The molecule has 13 heavy (non-hydrogen) atoms. The van der Waals surface area contributed by atoms with Crippen LogP contribution in [-0.2, 0) is 18.4 Å². The fraction of sp³-hybridized carbons (Fsp3) is 0.250. The zero-order chi connectivity index (χ0) is 9.68. The van der Waals surface area contributed by atoms with E-state index in [4.69, 9.17) is 5.11 Å². The second kappa shape index (κ2) is 4.30. The molecule has 0 atom stereocenters. The van der Waals surface area contributed by atoms with Crippen molar-refractivity contribution < 1.29 is 9.90 Å². The van der Waals surface area contributed by atoms with Crippen LogP contribution in [0.15, 0.2) is 24.7 Å². The average molecular weight is 181 g/mol. The summed E-state index contributed by atoms with van der Waals surface area (Å²) in [6, 6.07) is 0. The molecule has 1 heterocycles. The predicted molar refractivity (Wildman–Crippen MR) is 46.8 cm³/mol. The maximum atomic E-state index is 10.1. The topological polar surface area (TPSA) is 67.2 Å². The number of nitrogens with zero attached hydrogens (tertiary/aromatic N) is 2. The first-order valence-electron chi connectivity index (χ1n) is 3.79. The van der Waals surface area contributed by atoms with E-state index in [1.807, 2.05) is 17.8 Å². The van der Waals surface area contributed by atoms with Gasteiger partial charge in [-0.05, 0) is 0 Å². The first kappa shape index (κ1) is 9.31. The molecule has 1 aromatic rings. The second-order valence-electron chi connectivity index (χ2n) is 2.51. The number of aryl methyl sites for hydroxylation is 1. The smallest absolute Gasteiger partial charge is 0.329 e. The lowest BCUT2D eigenvalue weighted by atomic mass is 10.5. The summed E-state index contributed by atoms with van der Waals surface area (Å²) in [5.41, 5.74) is 0. The first-order chi connectivity index (χ1) is 6.20. The van der Waals surface area contributed by atoms with Crippen molar-refractivity contribution in [1.82, 2.24) is 14.9 Å². The maximum Gasteiger partial charge on any atom is 0.329 e. The lowest BCUT2D eigenvalue weighted by Crippen LogP contribution is -2.10. The third-order valence-corrected chi connectivity index (χ3v) is 1.52. The average Bonchev–Trinajstić information content (AvgIpc) is 2.45. The molecular formula is C8H11N3O2. The van der Waals surface area contributed by atoms with Crippen LogP contribution in [0.5, 0.6) is 0 Å². The molecule has 0 aliphatic heterocycles. The molecule has 0 radical (unpaired) electrons. The van der Waals surface area contributed by atoms with Gasteiger partial charge in [-0.1, -0.05) is 0 Å². The highest BCUT2D eigenvalue weighted by atomic mass is 16.4. The minimum absolute atomic E-state index is 0.521. The Kier molecular flexibility index (Phi) is 3.08. The predicted octanol–water partition coefficient (Wildman–Crippen LogP) is 0.108. The number of rotatable bonds is 4. The van der Waals surface area contributed by atoms with Gasteiger partial charge in [-0.2, -0.15) is 0 Å². The summed E-state index contributed by atoms with van der Waals surface area (Å²) in [6.07, 6.45) is 5.95. The van der Waals surface area contributed by atoms with Gasteiger partial charge in [-0.3, -0.25) is 0 Å². The molecule has 0 fully saturated rings. The van der Waals surface area contributed by atoms with Crippen molar-refractivity contribution in [3.8, 4) is 0 Å². The molecule has 0 bridgehead atoms. The van der Waals surface area contributed by atoms with Crippen LogP contribution in [0.25, 0.3) is 0 Å². The molecule has 0 unspecified atom stereocenters. The monoisotopic (exact) mass is 181 g/mol. The summed E-state index contributed by atoms with van der Waals surface area (Å²) in [5, 5.41) is 11.1. The summed E-state index contributed by atoms with van der Waals surface area (Å²) >= 11 is 0. The quantitative estimate of drug-likeness (QED) is 0.647. The lowest BCUT2D eigenvalue weighted by molar-refractivity contribution is -0.131. The van der Waals surface area contributed by atoms with Crippen LogP contribution < -0.4 is 5.32 Å². The van der Waals surface area contributed by atoms with E-state index in [1.165, 1.54) is 6.20 Å². The van der Waals surface area contributed by atoms with Gasteiger partial charge in [0.15, 0.2) is 0 Å². The molecule has 5 nitrogen and oxygen atoms in total. The summed E-state index contributed by atoms with van der Waals surface area (Å²) in [4.78, 5) is 14.1. The number of carboxylic acid groups (broad SMARTS) is 1. The Bertz CT molecular complexity index is 317. The van der Waals surface area contributed by atoms with E-state index in [0.29, 0.717) is 6.54 Å². The highest BCUT2D eigenvalue weighted by Crippen LogP contribution is 1.92. The van der Waals surface area contributed by atoms with Crippen molar-refractivity contribution >= 4 is 5.97 Å². The minimum Gasteiger partial charge on any atom is -0.478 e. The number of carbonyl (C=O) groups is 1. The molecule has 0 saturated heterocycles. The van der Waals surface area contributed by atoms with Crippen LogP contribution in [0.1, 0.15) is 5.82 Å². The summed E-state index contributed by atoms with van der Waals surface area (Å²) < 4.78 is 1.86. The van der Waals surface area contributed by atoms with E-state index in [-0.39, 0.29) is 0 Å². The van der Waals surface area contributed by atoms with E-state index < -0.39 is 5.97 Å². The van der Waals surface area contributed by atoms with Crippen molar-refractivity contribution in [1.29, 1.82) is 0 Å². The Morgan fingerprint density at radius 1 is 1.85 bits per heavy atom. The second-order valence-corrected chi connectivity index (χ2v) is 2.51. The molecule has 1 rings (SSSR count). The molecule has 1 aromatic heterocycles. The maximum absolute atomic E-state index is 10.1. The number of hydrogen-bond acceptors (Lipinski definition) is 3. The van der Waals surface area contributed by atoms with Crippen LogP contribution >= 0.6 is 0 Å². The third kappa shape index (κ3) is 2.98. The van der Waals surface area contributed by atoms with Crippen molar-refractivity contribution in [3.05, 3.63) is 30.5 Å². The normalized spacial score (nSPS) is 10.5. The summed E-state index contributed by atoms with van der Waals surface area (Å²) in [5.74, 6) is -0.109.